The lowest BCUT2D eigenvalue weighted by atomic mass is 9.87. The summed E-state index contributed by atoms with van der Waals surface area (Å²) in [5.41, 5.74) is 0.932. The quantitative estimate of drug-likeness (QED) is 0.729. The lowest BCUT2D eigenvalue weighted by Gasteiger charge is -2.31. The van der Waals surface area contributed by atoms with Crippen molar-refractivity contribution in [3.05, 3.63) is 17.7 Å². The van der Waals surface area contributed by atoms with Crippen molar-refractivity contribution < 1.29 is 23.8 Å². The van der Waals surface area contributed by atoms with E-state index in [1.807, 2.05) is 28.9 Å². The van der Waals surface area contributed by atoms with Crippen LogP contribution in [0.3, 0.4) is 0 Å². The van der Waals surface area contributed by atoms with Crippen molar-refractivity contribution in [2.75, 3.05) is 47.5 Å². The van der Waals surface area contributed by atoms with Crippen LogP contribution in [-0.4, -0.2) is 69.1 Å². The van der Waals surface area contributed by atoms with Gasteiger partial charge in [0.2, 0.25) is 17.6 Å². The van der Waals surface area contributed by atoms with Crippen molar-refractivity contribution in [1.82, 2.24) is 9.80 Å². The van der Waals surface area contributed by atoms with Gasteiger partial charge in [-0.05, 0) is 37.0 Å². The third kappa shape index (κ3) is 4.28. The summed E-state index contributed by atoms with van der Waals surface area (Å²) in [6.45, 7) is 4.45. The first kappa shape index (κ1) is 21.3. The molecule has 7 nitrogen and oxygen atoms in total. The molecule has 2 fully saturated rings. The van der Waals surface area contributed by atoms with Crippen molar-refractivity contribution in [3.8, 4) is 17.2 Å². The molecular formula is C22H32N2O5. The minimum absolute atomic E-state index is 0.0800. The minimum Gasteiger partial charge on any atom is -0.493 e. The molecule has 29 heavy (non-hydrogen) atoms. The van der Waals surface area contributed by atoms with Gasteiger partial charge in [-0.15, -0.1) is 0 Å². The molecular weight excluding hydrogens is 372 g/mol. The van der Waals surface area contributed by atoms with Crippen LogP contribution in [0.25, 0.3) is 0 Å². The first-order valence-corrected chi connectivity index (χ1v) is 10.4. The maximum atomic E-state index is 13.4. The summed E-state index contributed by atoms with van der Waals surface area (Å²) in [5, 5.41) is 0. The molecule has 2 saturated heterocycles. The Labute approximate surface area is 172 Å². The van der Waals surface area contributed by atoms with Gasteiger partial charge in [0.1, 0.15) is 0 Å². The Morgan fingerprint density at radius 2 is 1.55 bits per heavy atom. The molecule has 7 heteroatoms. The van der Waals surface area contributed by atoms with E-state index in [1.54, 1.807) is 21.3 Å². The van der Waals surface area contributed by atoms with E-state index < -0.39 is 0 Å². The van der Waals surface area contributed by atoms with Gasteiger partial charge < -0.3 is 24.0 Å². The number of likely N-dealkylation sites (tertiary alicyclic amines) is 2. The number of methoxy groups -OCH3 is 3. The Morgan fingerprint density at radius 3 is 2.07 bits per heavy atom. The molecule has 2 heterocycles. The van der Waals surface area contributed by atoms with E-state index in [4.69, 9.17) is 14.2 Å². The summed E-state index contributed by atoms with van der Waals surface area (Å²) in [6, 6.07) is 3.81. The van der Waals surface area contributed by atoms with Gasteiger partial charge in [-0.2, -0.15) is 0 Å². The Balaban J connectivity index is 1.96. The Kier molecular flexibility index (Phi) is 6.87. The van der Waals surface area contributed by atoms with E-state index in [0.29, 0.717) is 36.8 Å². The van der Waals surface area contributed by atoms with Crippen molar-refractivity contribution in [2.24, 2.45) is 5.92 Å². The molecule has 3 rings (SSSR count). The van der Waals surface area contributed by atoms with Gasteiger partial charge in [0.05, 0.1) is 27.2 Å². The van der Waals surface area contributed by atoms with E-state index in [1.165, 1.54) is 6.42 Å². The average Bonchev–Trinajstić information content (AvgIpc) is 3.22. The maximum Gasteiger partial charge on any atom is 0.228 e. The summed E-state index contributed by atoms with van der Waals surface area (Å²) < 4.78 is 16.4. The van der Waals surface area contributed by atoms with Gasteiger partial charge in [-0.3, -0.25) is 9.59 Å². The molecule has 0 aromatic heterocycles. The smallest absolute Gasteiger partial charge is 0.228 e. The first-order valence-electron chi connectivity index (χ1n) is 10.4. The van der Waals surface area contributed by atoms with Crippen molar-refractivity contribution in [3.63, 3.8) is 0 Å². The van der Waals surface area contributed by atoms with Crippen molar-refractivity contribution >= 4 is 11.8 Å². The average molecular weight is 405 g/mol. The summed E-state index contributed by atoms with van der Waals surface area (Å²) in [4.78, 5) is 29.6. The van der Waals surface area contributed by atoms with Crippen LogP contribution in [0.4, 0.5) is 0 Å². The zero-order chi connectivity index (χ0) is 21.0. The van der Waals surface area contributed by atoms with E-state index >= 15 is 0 Å². The van der Waals surface area contributed by atoms with Crippen molar-refractivity contribution in [1.29, 1.82) is 0 Å². The Hall–Kier alpha value is -2.44. The fourth-order valence-corrected chi connectivity index (χ4v) is 4.48. The van der Waals surface area contributed by atoms with E-state index in [0.717, 1.165) is 31.5 Å². The van der Waals surface area contributed by atoms with Crippen molar-refractivity contribution in [2.45, 2.75) is 38.5 Å². The number of nitrogens with zero attached hydrogens (tertiary/aromatic N) is 2. The monoisotopic (exact) mass is 404 g/mol. The highest BCUT2D eigenvalue weighted by Gasteiger charge is 2.42. The molecule has 0 N–H and O–H groups in total. The molecule has 0 unspecified atom stereocenters. The maximum absolute atomic E-state index is 13.4. The first-order chi connectivity index (χ1) is 14.0. The highest BCUT2D eigenvalue weighted by atomic mass is 16.5. The van der Waals surface area contributed by atoms with E-state index in [9.17, 15) is 9.59 Å². The summed E-state index contributed by atoms with van der Waals surface area (Å²) in [7, 11) is 4.73. The van der Waals surface area contributed by atoms with Crippen LogP contribution in [0.2, 0.25) is 0 Å². The van der Waals surface area contributed by atoms with Crippen LogP contribution in [0, 0.1) is 5.92 Å². The van der Waals surface area contributed by atoms with Gasteiger partial charge in [0.15, 0.2) is 11.5 Å². The largest absolute Gasteiger partial charge is 0.493 e. The second-order valence-electron chi connectivity index (χ2n) is 7.71. The molecule has 2 amide bonds. The highest BCUT2D eigenvalue weighted by Crippen LogP contribution is 2.43. The molecule has 0 spiro atoms. The van der Waals surface area contributed by atoms with Crippen LogP contribution >= 0.6 is 0 Å². The normalized spacial score (nSPS) is 21.8. The molecule has 2 atom stereocenters. The highest BCUT2D eigenvalue weighted by molar-refractivity contribution is 5.83. The number of hydrogen-bond acceptors (Lipinski definition) is 5. The van der Waals surface area contributed by atoms with Crippen LogP contribution in [0.15, 0.2) is 12.1 Å². The molecule has 2 aliphatic heterocycles. The zero-order valence-electron chi connectivity index (χ0n) is 17.9. The van der Waals surface area contributed by atoms with E-state index in [-0.39, 0.29) is 23.7 Å². The second kappa shape index (κ2) is 9.37. The fraction of sp³-hybridized carbons (Fsp3) is 0.636. The topological polar surface area (TPSA) is 68.3 Å². The third-order valence-corrected chi connectivity index (χ3v) is 6.08. The van der Waals surface area contributed by atoms with Gasteiger partial charge >= 0.3 is 0 Å². The summed E-state index contributed by atoms with van der Waals surface area (Å²) in [5.74, 6) is 1.51. The van der Waals surface area contributed by atoms with Gasteiger partial charge in [-0.1, -0.05) is 6.92 Å². The number of ether oxygens (including phenoxy) is 3. The number of amides is 2. The van der Waals surface area contributed by atoms with Crippen LogP contribution in [-0.2, 0) is 9.59 Å². The van der Waals surface area contributed by atoms with Gasteiger partial charge in [0, 0.05) is 38.5 Å². The molecule has 0 saturated carbocycles. The predicted octanol–water partition coefficient (Wildman–Crippen LogP) is 2.68. The Morgan fingerprint density at radius 1 is 0.931 bits per heavy atom. The molecule has 0 aliphatic carbocycles. The minimum atomic E-state index is -0.258. The number of hydrogen-bond donors (Lipinski definition) is 0. The lowest BCUT2D eigenvalue weighted by Crippen LogP contribution is -2.42. The number of carbonyl (C=O) groups excluding carboxylic acids is 2. The van der Waals surface area contributed by atoms with Crippen LogP contribution < -0.4 is 14.2 Å². The number of benzene rings is 1. The molecule has 2 aliphatic rings. The van der Waals surface area contributed by atoms with Gasteiger partial charge in [-0.25, -0.2) is 0 Å². The Bertz CT molecular complexity index is 720. The predicted molar refractivity (Wildman–Crippen MR) is 110 cm³/mol. The second-order valence-corrected chi connectivity index (χ2v) is 7.71. The van der Waals surface area contributed by atoms with Crippen LogP contribution in [0.1, 0.15) is 44.1 Å². The third-order valence-electron chi connectivity index (χ3n) is 6.08. The lowest BCUT2D eigenvalue weighted by molar-refractivity contribution is -0.136. The molecule has 1 aromatic carbocycles. The number of piperidine rings is 1. The number of carbonyl (C=O) groups is 2. The number of rotatable bonds is 6. The molecule has 160 valence electrons. The summed E-state index contributed by atoms with van der Waals surface area (Å²) in [6.07, 6.45) is 3.70. The standard InChI is InChI=1S/C22H32N2O5/c1-5-20(25)24-13-16(17(14-24)22(26)23-9-7-6-8-10-23)15-11-18(27-2)21(29-4)19(12-15)28-3/h11-12,16-17H,5-10,13-14H2,1-4H3/t16-,17-/m0/s1. The van der Waals surface area contributed by atoms with Crippen LogP contribution in [0.5, 0.6) is 17.2 Å². The van der Waals surface area contributed by atoms with E-state index in [2.05, 4.69) is 0 Å². The fourth-order valence-electron chi connectivity index (χ4n) is 4.48. The summed E-state index contributed by atoms with van der Waals surface area (Å²) >= 11 is 0. The molecule has 1 aromatic rings. The molecule has 0 radical (unpaired) electrons. The van der Waals surface area contributed by atoms with Gasteiger partial charge in [0.25, 0.3) is 0 Å². The molecule has 0 bridgehead atoms. The zero-order valence-corrected chi connectivity index (χ0v) is 17.9. The SMILES string of the molecule is CCC(=O)N1C[C@H](C(=O)N2CCCCC2)[C@H](c2cc(OC)c(OC)c(OC)c2)C1.